The number of methoxy groups -OCH3 is 2. The van der Waals surface area contributed by atoms with E-state index in [0.717, 1.165) is 0 Å². The molecular formula is C26H28N2O11. The Morgan fingerprint density at radius 2 is 1.54 bits per heavy atom. The van der Waals surface area contributed by atoms with Crippen LogP contribution in [0.25, 0.3) is 0 Å². The smallest absolute Gasteiger partial charge is 0.411 e. The Morgan fingerprint density at radius 3 is 2.08 bits per heavy atom. The molecule has 1 heterocycles. The summed E-state index contributed by atoms with van der Waals surface area (Å²) < 4.78 is 26.3. The zero-order valence-corrected chi connectivity index (χ0v) is 22.0. The van der Waals surface area contributed by atoms with E-state index >= 15 is 0 Å². The highest BCUT2D eigenvalue weighted by Crippen LogP contribution is 2.28. The number of hydrogen-bond acceptors (Lipinski definition) is 11. The lowest BCUT2D eigenvalue weighted by Crippen LogP contribution is -2.44. The van der Waals surface area contributed by atoms with Gasteiger partial charge in [-0.15, -0.1) is 0 Å². The van der Waals surface area contributed by atoms with Gasteiger partial charge in [-0.05, 0) is 51.1 Å². The molecule has 1 fully saturated rings. The highest BCUT2D eigenvalue weighted by atomic mass is 16.6. The van der Waals surface area contributed by atoms with Crippen LogP contribution in [0.3, 0.4) is 0 Å². The molecule has 0 aliphatic carbocycles. The van der Waals surface area contributed by atoms with Crippen LogP contribution < -0.4 is 9.47 Å². The van der Waals surface area contributed by atoms with Crippen LogP contribution in [0.5, 0.6) is 11.5 Å². The van der Waals surface area contributed by atoms with Gasteiger partial charge >= 0.3 is 24.0 Å². The van der Waals surface area contributed by atoms with Crippen molar-refractivity contribution in [3.05, 3.63) is 63.7 Å². The van der Waals surface area contributed by atoms with Gasteiger partial charge in [0.2, 0.25) is 0 Å². The maximum absolute atomic E-state index is 12.8. The Labute approximate surface area is 223 Å². The van der Waals surface area contributed by atoms with Gasteiger partial charge in [-0.25, -0.2) is 19.2 Å². The normalized spacial score (nSPS) is 16.7. The Kier molecular flexibility index (Phi) is 8.74. The minimum Gasteiger partial charge on any atom is -0.488 e. The maximum Gasteiger partial charge on any atom is 0.411 e. The number of benzene rings is 2. The van der Waals surface area contributed by atoms with Crippen molar-refractivity contribution in [2.45, 2.75) is 44.9 Å². The number of rotatable bonds is 7. The zero-order chi connectivity index (χ0) is 28.9. The van der Waals surface area contributed by atoms with Gasteiger partial charge in [0.15, 0.2) is 0 Å². The first kappa shape index (κ1) is 28.9. The molecule has 1 saturated heterocycles. The first-order valence-corrected chi connectivity index (χ1v) is 11.8. The number of carbonyl (C=O) groups excluding carboxylic acids is 4. The average Bonchev–Trinajstić information content (AvgIpc) is 3.30. The van der Waals surface area contributed by atoms with Crippen molar-refractivity contribution >= 4 is 29.7 Å². The lowest BCUT2D eigenvalue weighted by Gasteiger charge is -2.27. The number of nitrogens with zero attached hydrogens (tertiary/aromatic N) is 2. The van der Waals surface area contributed by atoms with Crippen LogP contribution in [0.2, 0.25) is 0 Å². The summed E-state index contributed by atoms with van der Waals surface area (Å²) in [6.07, 6.45) is -1.37. The van der Waals surface area contributed by atoms with E-state index in [0.29, 0.717) is 0 Å². The van der Waals surface area contributed by atoms with Gasteiger partial charge in [0, 0.05) is 18.6 Å². The molecule has 2 aromatic carbocycles. The van der Waals surface area contributed by atoms with Gasteiger partial charge in [-0.1, -0.05) is 0 Å². The molecule has 0 spiro atoms. The van der Waals surface area contributed by atoms with Crippen LogP contribution in [0.1, 0.15) is 47.9 Å². The van der Waals surface area contributed by atoms with Gasteiger partial charge in [0.05, 0.1) is 36.8 Å². The summed E-state index contributed by atoms with van der Waals surface area (Å²) >= 11 is 0. The average molecular weight is 545 g/mol. The maximum atomic E-state index is 12.8. The third-order valence-electron chi connectivity index (χ3n) is 5.49. The van der Waals surface area contributed by atoms with E-state index in [2.05, 4.69) is 0 Å². The molecule has 1 unspecified atom stereocenters. The van der Waals surface area contributed by atoms with E-state index in [9.17, 15) is 29.3 Å². The summed E-state index contributed by atoms with van der Waals surface area (Å²) in [7, 11) is 2.37. The quantitative estimate of drug-likeness (QED) is 0.165. The largest absolute Gasteiger partial charge is 0.488 e. The second kappa shape index (κ2) is 11.8. The lowest BCUT2D eigenvalue weighted by atomic mass is 10.1. The Morgan fingerprint density at radius 1 is 0.923 bits per heavy atom. The molecule has 1 aliphatic heterocycles. The summed E-state index contributed by atoms with van der Waals surface area (Å²) in [5, 5.41) is 10.8. The monoisotopic (exact) mass is 544 g/mol. The van der Waals surface area contributed by atoms with Gasteiger partial charge in [-0.3, -0.25) is 15.0 Å². The lowest BCUT2D eigenvalue weighted by molar-refractivity contribution is -0.384. The first-order chi connectivity index (χ1) is 18.3. The Bertz CT molecular complexity index is 1270. The molecule has 1 amide bonds. The molecule has 0 bridgehead atoms. The molecule has 208 valence electrons. The van der Waals surface area contributed by atoms with E-state index in [1.807, 2.05) is 0 Å². The number of esters is 3. The third-order valence-corrected chi connectivity index (χ3v) is 5.49. The highest BCUT2D eigenvalue weighted by Gasteiger charge is 2.43. The molecule has 0 N–H and O–H groups in total. The molecular weight excluding hydrogens is 516 g/mol. The predicted molar refractivity (Wildman–Crippen MR) is 134 cm³/mol. The van der Waals surface area contributed by atoms with Crippen molar-refractivity contribution in [1.82, 2.24) is 4.90 Å². The highest BCUT2D eigenvalue weighted by molar-refractivity contribution is 5.96. The molecule has 3 rings (SSSR count). The second-order valence-corrected chi connectivity index (χ2v) is 9.53. The van der Waals surface area contributed by atoms with Crippen LogP contribution in [0, 0.1) is 10.1 Å². The fourth-order valence-electron chi connectivity index (χ4n) is 3.78. The van der Waals surface area contributed by atoms with Gasteiger partial charge in [0.25, 0.3) is 5.69 Å². The third kappa shape index (κ3) is 7.43. The number of carbonyl (C=O) groups is 4. The van der Waals surface area contributed by atoms with E-state index < -0.39 is 46.7 Å². The number of amides is 1. The van der Waals surface area contributed by atoms with E-state index in [1.165, 1.54) is 61.6 Å². The van der Waals surface area contributed by atoms with Crippen LogP contribution >= 0.6 is 0 Å². The van der Waals surface area contributed by atoms with E-state index in [1.54, 1.807) is 20.8 Å². The molecule has 0 saturated carbocycles. The van der Waals surface area contributed by atoms with Crippen molar-refractivity contribution in [3.8, 4) is 11.5 Å². The SMILES string of the molecule is COC(=O)c1cc(OC2C[C@@H](C(=O)OC)N(C(=O)OC(C)(C)C)C2)cc(C(=O)Oc2ccc([N+](=O)[O-])cc2)c1. The van der Waals surface area contributed by atoms with Crippen molar-refractivity contribution in [3.63, 3.8) is 0 Å². The topological polar surface area (TPSA) is 161 Å². The molecule has 1 aliphatic rings. The van der Waals surface area contributed by atoms with Crippen molar-refractivity contribution in [2.75, 3.05) is 20.8 Å². The number of nitro groups is 1. The molecule has 2 aromatic rings. The molecule has 13 heteroatoms. The van der Waals surface area contributed by atoms with Crippen molar-refractivity contribution in [2.24, 2.45) is 0 Å². The van der Waals surface area contributed by atoms with E-state index in [-0.39, 0.29) is 41.3 Å². The summed E-state index contributed by atoms with van der Waals surface area (Å²) in [6, 6.07) is 7.81. The minimum absolute atomic E-state index is 0.0165. The number of non-ortho nitro benzene ring substituents is 1. The predicted octanol–water partition coefficient (Wildman–Crippen LogP) is 3.53. The van der Waals surface area contributed by atoms with E-state index in [4.69, 9.17) is 23.7 Å². The van der Waals surface area contributed by atoms with Crippen LogP contribution in [-0.4, -0.2) is 72.3 Å². The first-order valence-electron chi connectivity index (χ1n) is 11.8. The number of ether oxygens (including phenoxy) is 5. The molecule has 0 aromatic heterocycles. The zero-order valence-electron chi connectivity index (χ0n) is 22.0. The van der Waals surface area contributed by atoms with Gasteiger partial charge in [0.1, 0.15) is 29.2 Å². The Hall–Kier alpha value is -4.68. The molecule has 13 nitrogen and oxygen atoms in total. The van der Waals surface area contributed by atoms with Crippen molar-refractivity contribution < 1.29 is 47.8 Å². The van der Waals surface area contributed by atoms with Crippen LogP contribution in [0.4, 0.5) is 10.5 Å². The van der Waals surface area contributed by atoms with Gasteiger partial charge in [-0.2, -0.15) is 0 Å². The fourth-order valence-corrected chi connectivity index (χ4v) is 3.78. The number of hydrogen-bond donors (Lipinski definition) is 0. The van der Waals surface area contributed by atoms with Gasteiger partial charge < -0.3 is 23.7 Å². The van der Waals surface area contributed by atoms with Crippen LogP contribution in [0.15, 0.2) is 42.5 Å². The fraction of sp³-hybridized carbons (Fsp3) is 0.385. The van der Waals surface area contributed by atoms with Crippen molar-refractivity contribution in [1.29, 1.82) is 0 Å². The summed E-state index contributed by atoms with van der Waals surface area (Å²) in [6.45, 7) is 5.05. The number of nitro benzene ring substituents is 1. The minimum atomic E-state index is -0.967. The molecule has 2 atom stereocenters. The standard InChI is InChI=1S/C26H28N2O11/c1-26(2,3)39-25(32)27-14-20(13-21(27)24(31)36-5)37-19-11-15(22(29)35-4)10-16(12-19)23(30)38-18-8-6-17(7-9-18)28(33)34/h6-12,20-21H,13-14H2,1-5H3/t20?,21-/m0/s1. The number of likely N-dealkylation sites (tertiary alicyclic amines) is 1. The summed E-state index contributed by atoms with van der Waals surface area (Å²) in [5.74, 6) is -2.15. The summed E-state index contributed by atoms with van der Waals surface area (Å²) in [5.41, 5.74) is -1.07. The molecule has 39 heavy (non-hydrogen) atoms. The Balaban J connectivity index is 1.84. The summed E-state index contributed by atoms with van der Waals surface area (Å²) in [4.78, 5) is 61.7. The van der Waals surface area contributed by atoms with Crippen LogP contribution in [-0.2, 0) is 19.0 Å². The second-order valence-electron chi connectivity index (χ2n) is 9.53. The molecule has 0 radical (unpaired) electrons.